The van der Waals surface area contributed by atoms with Crippen molar-refractivity contribution in [3.63, 3.8) is 0 Å². The maximum atomic E-state index is 12.0. The molecule has 0 radical (unpaired) electrons. The predicted octanol–water partition coefficient (Wildman–Crippen LogP) is 3.44. The van der Waals surface area contributed by atoms with Gasteiger partial charge in [-0.1, -0.05) is 0 Å². The quantitative estimate of drug-likeness (QED) is 0.841. The lowest BCUT2D eigenvalue weighted by Crippen LogP contribution is -2.12. The molecule has 0 aliphatic rings. The summed E-state index contributed by atoms with van der Waals surface area (Å²) in [5, 5.41) is 4.53. The first-order valence-electron chi connectivity index (χ1n) is 5.88. The highest BCUT2D eigenvalue weighted by Gasteiger charge is 2.10. The number of halogens is 1. The Hall–Kier alpha value is -1.38. The number of aryl methyl sites for hydroxylation is 1. The van der Waals surface area contributed by atoms with Gasteiger partial charge in [0.1, 0.15) is 0 Å². The van der Waals surface area contributed by atoms with Crippen molar-refractivity contribution in [2.24, 2.45) is 0 Å². The normalized spacial score (nSPS) is 11.2. The van der Waals surface area contributed by atoms with E-state index in [-0.39, 0.29) is 5.91 Å². The van der Waals surface area contributed by atoms with E-state index in [4.69, 9.17) is 0 Å². The molecule has 0 fully saturated rings. The van der Waals surface area contributed by atoms with Crippen LogP contribution in [0.2, 0.25) is 0 Å². The van der Waals surface area contributed by atoms with Crippen molar-refractivity contribution < 1.29 is 13.2 Å². The molecule has 1 amide bonds. The van der Waals surface area contributed by atoms with E-state index >= 15 is 0 Å². The molecule has 0 saturated heterocycles. The number of hydrogen-bond donors (Lipinski definition) is 2. The molecule has 2 rings (SSSR count). The summed E-state index contributed by atoms with van der Waals surface area (Å²) in [7, 11) is -3.32. The highest BCUT2D eigenvalue weighted by atomic mass is 79.9. The molecule has 21 heavy (non-hydrogen) atoms. The average molecular weight is 389 g/mol. The van der Waals surface area contributed by atoms with E-state index in [1.807, 2.05) is 0 Å². The second-order valence-corrected chi connectivity index (χ2v) is 8.54. The number of thiophene rings is 1. The summed E-state index contributed by atoms with van der Waals surface area (Å²) in [5.74, 6) is -0.208. The molecular weight excluding hydrogens is 376 g/mol. The summed E-state index contributed by atoms with van der Waals surface area (Å²) in [6.07, 6.45) is 1.09. The zero-order chi connectivity index (χ0) is 15.6. The highest BCUT2D eigenvalue weighted by Crippen LogP contribution is 2.23. The van der Waals surface area contributed by atoms with Gasteiger partial charge in [-0.3, -0.25) is 9.52 Å². The van der Waals surface area contributed by atoms with Crippen molar-refractivity contribution >= 4 is 54.6 Å². The Labute approximate surface area is 135 Å². The SMILES string of the molecule is Cc1cc(NC(=O)c2csc(Br)c2)ccc1NS(C)(=O)=O. The second kappa shape index (κ2) is 6.17. The van der Waals surface area contributed by atoms with Gasteiger partial charge in [-0.25, -0.2) is 8.42 Å². The molecule has 0 spiro atoms. The van der Waals surface area contributed by atoms with Gasteiger partial charge in [-0.15, -0.1) is 11.3 Å². The van der Waals surface area contributed by atoms with Gasteiger partial charge >= 0.3 is 0 Å². The first-order chi connectivity index (χ1) is 9.74. The van der Waals surface area contributed by atoms with Crippen LogP contribution in [-0.4, -0.2) is 20.6 Å². The third kappa shape index (κ3) is 4.55. The number of nitrogens with one attached hydrogen (secondary N) is 2. The predicted molar refractivity (Wildman–Crippen MR) is 89.6 cm³/mol. The first kappa shape index (κ1) is 16.0. The molecule has 0 bridgehead atoms. The van der Waals surface area contributed by atoms with Gasteiger partial charge in [0, 0.05) is 11.1 Å². The molecule has 1 heterocycles. The number of hydrogen-bond acceptors (Lipinski definition) is 4. The molecule has 8 heteroatoms. The van der Waals surface area contributed by atoms with Crippen molar-refractivity contribution in [2.45, 2.75) is 6.92 Å². The number of sulfonamides is 1. The smallest absolute Gasteiger partial charge is 0.256 e. The summed E-state index contributed by atoms with van der Waals surface area (Å²) in [6.45, 7) is 1.77. The number of carbonyl (C=O) groups excluding carboxylic acids is 1. The van der Waals surface area contributed by atoms with Crippen LogP contribution >= 0.6 is 27.3 Å². The first-order valence-corrected chi connectivity index (χ1v) is 9.45. The molecule has 0 aliphatic heterocycles. The van der Waals surface area contributed by atoms with Crippen LogP contribution in [0.25, 0.3) is 0 Å². The minimum absolute atomic E-state index is 0.208. The lowest BCUT2D eigenvalue weighted by atomic mass is 10.2. The summed E-state index contributed by atoms with van der Waals surface area (Å²) < 4.78 is 25.7. The maximum Gasteiger partial charge on any atom is 0.256 e. The molecule has 0 aliphatic carbocycles. The molecule has 1 aromatic carbocycles. The average Bonchev–Trinajstić information content (AvgIpc) is 2.78. The van der Waals surface area contributed by atoms with Crippen molar-refractivity contribution in [3.05, 3.63) is 44.6 Å². The van der Waals surface area contributed by atoms with Crippen LogP contribution in [0.4, 0.5) is 11.4 Å². The zero-order valence-electron chi connectivity index (χ0n) is 11.3. The standard InChI is InChI=1S/C13H13BrN2O3S2/c1-8-5-10(3-4-11(8)16-21(2,18)19)15-13(17)9-6-12(14)20-7-9/h3-7,16H,1-2H3,(H,15,17). The molecule has 2 N–H and O–H groups in total. The number of benzene rings is 1. The Morgan fingerprint density at radius 1 is 1.29 bits per heavy atom. The molecule has 0 atom stereocenters. The van der Waals surface area contributed by atoms with E-state index < -0.39 is 10.0 Å². The lowest BCUT2D eigenvalue weighted by Gasteiger charge is -2.10. The van der Waals surface area contributed by atoms with Crippen LogP contribution in [0.3, 0.4) is 0 Å². The molecule has 112 valence electrons. The number of anilines is 2. The third-order valence-electron chi connectivity index (χ3n) is 2.61. The Kier molecular flexibility index (Phi) is 4.70. The largest absolute Gasteiger partial charge is 0.322 e. The highest BCUT2D eigenvalue weighted by molar-refractivity contribution is 9.11. The summed E-state index contributed by atoms with van der Waals surface area (Å²) in [5.41, 5.74) is 2.40. The number of rotatable bonds is 4. The Morgan fingerprint density at radius 3 is 2.52 bits per heavy atom. The molecule has 2 aromatic rings. The van der Waals surface area contributed by atoms with Crippen LogP contribution < -0.4 is 10.0 Å². The van der Waals surface area contributed by atoms with E-state index in [1.54, 1.807) is 36.6 Å². The van der Waals surface area contributed by atoms with Gasteiger partial charge in [0.15, 0.2) is 0 Å². The Morgan fingerprint density at radius 2 is 2.00 bits per heavy atom. The van der Waals surface area contributed by atoms with Crippen LogP contribution in [-0.2, 0) is 10.0 Å². The van der Waals surface area contributed by atoms with Crippen LogP contribution in [0.5, 0.6) is 0 Å². The minimum Gasteiger partial charge on any atom is -0.322 e. The van der Waals surface area contributed by atoms with Crippen molar-refractivity contribution in [1.29, 1.82) is 0 Å². The lowest BCUT2D eigenvalue weighted by molar-refractivity contribution is 0.102. The fourth-order valence-electron chi connectivity index (χ4n) is 1.69. The van der Waals surface area contributed by atoms with Crippen LogP contribution in [0.1, 0.15) is 15.9 Å². The van der Waals surface area contributed by atoms with Crippen LogP contribution in [0.15, 0.2) is 33.4 Å². The number of carbonyl (C=O) groups is 1. The Balaban J connectivity index is 2.15. The second-order valence-electron chi connectivity index (χ2n) is 4.50. The molecule has 5 nitrogen and oxygen atoms in total. The van der Waals surface area contributed by atoms with E-state index in [2.05, 4.69) is 26.0 Å². The van der Waals surface area contributed by atoms with Crippen molar-refractivity contribution in [3.8, 4) is 0 Å². The molecule has 0 unspecified atom stereocenters. The summed E-state index contributed by atoms with van der Waals surface area (Å²) in [4.78, 5) is 12.0. The van der Waals surface area contributed by atoms with Gasteiger partial charge in [-0.2, -0.15) is 0 Å². The van der Waals surface area contributed by atoms with E-state index in [0.29, 0.717) is 16.9 Å². The maximum absolute atomic E-state index is 12.0. The molecule has 1 aromatic heterocycles. The van der Waals surface area contributed by atoms with Gasteiger partial charge in [0.2, 0.25) is 10.0 Å². The molecule has 0 saturated carbocycles. The zero-order valence-corrected chi connectivity index (χ0v) is 14.5. The minimum atomic E-state index is -3.32. The number of amides is 1. The van der Waals surface area contributed by atoms with Gasteiger partial charge in [0.05, 0.1) is 21.3 Å². The van der Waals surface area contributed by atoms with E-state index in [1.165, 1.54) is 11.3 Å². The van der Waals surface area contributed by atoms with Crippen molar-refractivity contribution in [1.82, 2.24) is 0 Å². The van der Waals surface area contributed by atoms with E-state index in [9.17, 15) is 13.2 Å². The van der Waals surface area contributed by atoms with Gasteiger partial charge in [-0.05, 0) is 52.7 Å². The van der Waals surface area contributed by atoms with Gasteiger partial charge in [0.25, 0.3) is 5.91 Å². The van der Waals surface area contributed by atoms with Gasteiger partial charge < -0.3 is 5.32 Å². The topological polar surface area (TPSA) is 75.3 Å². The fourth-order valence-corrected chi connectivity index (χ4v) is 3.45. The van der Waals surface area contributed by atoms with Crippen molar-refractivity contribution in [2.75, 3.05) is 16.3 Å². The summed E-state index contributed by atoms with van der Waals surface area (Å²) >= 11 is 4.74. The monoisotopic (exact) mass is 388 g/mol. The van der Waals surface area contributed by atoms with E-state index in [0.717, 1.165) is 15.6 Å². The fraction of sp³-hybridized carbons (Fsp3) is 0.154. The summed E-state index contributed by atoms with van der Waals surface area (Å²) in [6, 6.07) is 6.73. The third-order valence-corrected chi connectivity index (χ3v) is 4.70. The van der Waals surface area contributed by atoms with Crippen LogP contribution in [0, 0.1) is 6.92 Å². The molecular formula is C13H13BrN2O3S2. The Bertz CT molecular complexity index is 784.